The maximum atomic E-state index is 12.5. The van der Waals surface area contributed by atoms with Crippen molar-refractivity contribution in [2.75, 3.05) is 13.1 Å². The Labute approximate surface area is 128 Å². The maximum Gasteiger partial charge on any atom is 0.308 e. The summed E-state index contributed by atoms with van der Waals surface area (Å²) in [7, 11) is 0. The van der Waals surface area contributed by atoms with E-state index in [9.17, 15) is 14.7 Å². The molecule has 2 aromatic rings. The average Bonchev–Trinajstić information content (AvgIpc) is 3.14. The Kier molecular flexibility index (Phi) is 3.71. The molecule has 1 saturated heterocycles. The number of hydrogen-bond donors (Lipinski definition) is 1. The first kappa shape index (κ1) is 14.4. The lowest BCUT2D eigenvalue weighted by Crippen LogP contribution is -2.29. The van der Waals surface area contributed by atoms with Gasteiger partial charge in [0.2, 0.25) is 0 Å². The molecule has 3 rings (SSSR count). The van der Waals surface area contributed by atoms with Gasteiger partial charge in [0.05, 0.1) is 11.5 Å². The fourth-order valence-corrected chi connectivity index (χ4v) is 3.00. The van der Waals surface area contributed by atoms with Gasteiger partial charge >= 0.3 is 5.97 Å². The van der Waals surface area contributed by atoms with Gasteiger partial charge in [-0.3, -0.25) is 9.59 Å². The van der Waals surface area contributed by atoms with Gasteiger partial charge in [-0.25, -0.2) is 0 Å². The topological polar surface area (TPSA) is 70.8 Å². The number of carboxylic acids is 1. The van der Waals surface area contributed by atoms with Gasteiger partial charge < -0.3 is 14.4 Å². The summed E-state index contributed by atoms with van der Waals surface area (Å²) in [5.74, 6) is -1.15. The van der Waals surface area contributed by atoms with Crippen LogP contribution in [0.1, 0.15) is 27.6 Å². The van der Waals surface area contributed by atoms with Crippen molar-refractivity contribution in [2.45, 2.75) is 12.8 Å². The number of amides is 1. The van der Waals surface area contributed by atoms with Gasteiger partial charge in [0.15, 0.2) is 0 Å². The number of benzene rings is 1. The summed E-state index contributed by atoms with van der Waals surface area (Å²) >= 11 is 0. The fraction of sp³-hybridized carbons (Fsp3) is 0.294. The number of aryl methyl sites for hydroxylation is 1. The number of hydrogen-bond acceptors (Lipinski definition) is 3. The average molecular weight is 299 g/mol. The van der Waals surface area contributed by atoms with Crippen molar-refractivity contribution in [1.29, 1.82) is 0 Å². The van der Waals surface area contributed by atoms with Crippen LogP contribution in [0, 0.1) is 12.8 Å². The van der Waals surface area contributed by atoms with E-state index >= 15 is 0 Å². The summed E-state index contributed by atoms with van der Waals surface area (Å²) in [5, 5.41) is 9.46. The molecule has 0 unspecified atom stereocenters. The normalized spacial score (nSPS) is 21.0. The molecule has 1 aliphatic rings. The molecular weight excluding hydrogens is 282 g/mol. The molecule has 22 heavy (non-hydrogen) atoms. The number of rotatable bonds is 3. The monoisotopic (exact) mass is 299 g/mol. The van der Waals surface area contributed by atoms with E-state index < -0.39 is 11.9 Å². The Morgan fingerprint density at radius 2 is 1.95 bits per heavy atom. The van der Waals surface area contributed by atoms with Crippen molar-refractivity contribution >= 4 is 11.9 Å². The van der Waals surface area contributed by atoms with Crippen molar-refractivity contribution in [3.05, 3.63) is 59.5 Å². The quantitative estimate of drug-likeness (QED) is 0.945. The molecule has 5 nitrogen and oxygen atoms in total. The van der Waals surface area contributed by atoms with Crippen molar-refractivity contribution in [3.63, 3.8) is 0 Å². The number of carbonyl (C=O) groups is 2. The third-order valence-electron chi connectivity index (χ3n) is 4.13. The molecule has 0 bridgehead atoms. The van der Waals surface area contributed by atoms with Crippen LogP contribution in [0.4, 0.5) is 0 Å². The van der Waals surface area contributed by atoms with E-state index in [0.29, 0.717) is 17.9 Å². The summed E-state index contributed by atoms with van der Waals surface area (Å²) in [4.78, 5) is 25.6. The molecule has 1 amide bonds. The largest absolute Gasteiger partial charge is 0.481 e. The van der Waals surface area contributed by atoms with E-state index in [1.54, 1.807) is 17.9 Å². The Morgan fingerprint density at radius 3 is 2.55 bits per heavy atom. The van der Waals surface area contributed by atoms with Crippen LogP contribution < -0.4 is 0 Å². The number of nitrogens with zero attached hydrogens (tertiary/aromatic N) is 1. The van der Waals surface area contributed by atoms with Gasteiger partial charge in [-0.15, -0.1) is 0 Å². The molecule has 1 aliphatic heterocycles. The minimum atomic E-state index is -0.868. The lowest BCUT2D eigenvalue weighted by Gasteiger charge is -2.15. The summed E-state index contributed by atoms with van der Waals surface area (Å²) < 4.78 is 5.17. The first-order chi connectivity index (χ1) is 10.6. The SMILES string of the molecule is Cc1cc(C(=O)N2C[C@H](C(=O)O)[C@H](c3ccccc3)C2)co1. The minimum absolute atomic E-state index is 0.179. The van der Waals surface area contributed by atoms with Gasteiger partial charge in [-0.1, -0.05) is 30.3 Å². The molecule has 2 heterocycles. The number of carbonyl (C=O) groups excluding carboxylic acids is 1. The lowest BCUT2D eigenvalue weighted by molar-refractivity contribution is -0.141. The van der Waals surface area contributed by atoms with E-state index in [4.69, 9.17) is 4.42 Å². The molecule has 0 radical (unpaired) electrons. The van der Waals surface area contributed by atoms with Crippen LogP contribution in [-0.4, -0.2) is 35.0 Å². The van der Waals surface area contributed by atoms with Crippen LogP contribution >= 0.6 is 0 Å². The highest BCUT2D eigenvalue weighted by Gasteiger charge is 2.40. The molecule has 1 N–H and O–H groups in total. The fourth-order valence-electron chi connectivity index (χ4n) is 3.00. The second-order valence-corrected chi connectivity index (χ2v) is 5.62. The van der Waals surface area contributed by atoms with Crippen LogP contribution in [-0.2, 0) is 4.79 Å². The van der Waals surface area contributed by atoms with Crippen molar-refractivity contribution in [3.8, 4) is 0 Å². The minimum Gasteiger partial charge on any atom is -0.481 e. The van der Waals surface area contributed by atoms with Crippen LogP contribution in [0.2, 0.25) is 0 Å². The second-order valence-electron chi connectivity index (χ2n) is 5.62. The first-order valence-electron chi connectivity index (χ1n) is 7.18. The van der Waals surface area contributed by atoms with Gasteiger partial charge in [-0.05, 0) is 18.6 Å². The van der Waals surface area contributed by atoms with Gasteiger partial charge in [0.25, 0.3) is 5.91 Å². The molecule has 0 saturated carbocycles. The predicted octanol–water partition coefficient (Wildman–Crippen LogP) is 2.53. The van der Waals surface area contributed by atoms with Crippen LogP contribution in [0.15, 0.2) is 47.1 Å². The van der Waals surface area contributed by atoms with Crippen LogP contribution in [0.25, 0.3) is 0 Å². The van der Waals surface area contributed by atoms with E-state index in [-0.39, 0.29) is 18.4 Å². The summed E-state index contributed by atoms with van der Waals surface area (Å²) in [6.07, 6.45) is 1.42. The van der Waals surface area contributed by atoms with E-state index in [0.717, 1.165) is 5.56 Å². The maximum absolute atomic E-state index is 12.5. The summed E-state index contributed by atoms with van der Waals surface area (Å²) in [5.41, 5.74) is 1.42. The van der Waals surface area contributed by atoms with Crippen molar-refractivity contribution in [1.82, 2.24) is 4.90 Å². The Hall–Kier alpha value is -2.56. The van der Waals surface area contributed by atoms with Gasteiger partial charge in [0.1, 0.15) is 12.0 Å². The van der Waals surface area contributed by atoms with E-state index in [2.05, 4.69) is 0 Å². The molecule has 0 spiro atoms. The van der Waals surface area contributed by atoms with Crippen molar-refractivity contribution < 1.29 is 19.1 Å². The zero-order chi connectivity index (χ0) is 15.7. The lowest BCUT2D eigenvalue weighted by atomic mass is 9.89. The summed E-state index contributed by atoms with van der Waals surface area (Å²) in [6.45, 7) is 2.40. The number of carboxylic acid groups (broad SMARTS) is 1. The smallest absolute Gasteiger partial charge is 0.308 e. The Balaban J connectivity index is 1.84. The van der Waals surface area contributed by atoms with Crippen LogP contribution in [0.5, 0.6) is 0 Å². The highest BCUT2D eigenvalue weighted by molar-refractivity contribution is 5.94. The molecule has 1 aromatic carbocycles. The Morgan fingerprint density at radius 1 is 1.23 bits per heavy atom. The van der Waals surface area contributed by atoms with E-state index in [1.807, 2.05) is 30.3 Å². The zero-order valence-electron chi connectivity index (χ0n) is 12.2. The molecular formula is C17H17NO4. The molecule has 1 fully saturated rings. The Bertz CT molecular complexity index is 692. The third-order valence-corrected chi connectivity index (χ3v) is 4.13. The zero-order valence-corrected chi connectivity index (χ0v) is 12.2. The summed E-state index contributed by atoms with van der Waals surface area (Å²) in [6, 6.07) is 11.2. The molecule has 5 heteroatoms. The van der Waals surface area contributed by atoms with Gasteiger partial charge in [-0.2, -0.15) is 0 Å². The number of likely N-dealkylation sites (tertiary alicyclic amines) is 1. The molecule has 114 valence electrons. The molecule has 0 aliphatic carbocycles. The standard InChI is InChI=1S/C17H17NO4/c1-11-7-13(10-22-11)16(19)18-8-14(15(9-18)17(20)21)12-5-3-2-4-6-12/h2-7,10,14-15H,8-9H2,1H3,(H,20,21)/t14-,15-/m0/s1. The number of furan rings is 1. The highest BCUT2D eigenvalue weighted by Crippen LogP contribution is 2.33. The first-order valence-corrected chi connectivity index (χ1v) is 7.18. The van der Waals surface area contributed by atoms with E-state index in [1.165, 1.54) is 6.26 Å². The predicted molar refractivity (Wildman–Crippen MR) is 79.7 cm³/mol. The third kappa shape index (κ3) is 2.62. The van der Waals surface area contributed by atoms with Crippen LogP contribution in [0.3, 0.4) is 0 Å². The molecule has 1 aromatic heterocycles. The van der Waals surface area contributed by atoms with Crippen molar-refractivity contribution in [2.24, 2.45) is 5.92 Å². The molecule has 2 atom stereocenters. The second kappa shape index (κ2) is 5.67. The number of aliphatic carboxylic acids is 1. The van der Waals surface area contributed by atoms with Gasteiger partial charge in [0, 0.05) is 19.0 Å². The highest BCUT2D eigenvalue weighted by atomic mass is 16.4.